The molecule has 106 valence electrons. The number of piperidine rings is 1. The van der Waals surface area contributed by atoms with Gasteiger partial charge in [-0.05, 0) is 41.6 Å². The summed E-state index contributed by atoms with van der Waals surface area (Å²) in [5.41, 5.74) is 0.621. The van der Waals surface area contributed by atoms with Crippen LogP contribution in [0.3, 0.4) is 0 Å². The van der Waals surface area contributed by atoms with Crippen LogP contribution in [0.4, 0.5) is 0 Å². The molecule has 3 rings (SSSR count). The van der Waals surface area contributed by atoms with Gasteiger partial charge < -0.3 is 14.6 Å². The third-order valence-corrected chi connectivity index (χ3v) is 4.55. The summed E-state index contributed by atoms with van der Waals surface area (Å²) in [6.45, 7) is 0. The quantitative estimate of drug-likeness (QED) is 0.893. The van der Waals surface area contributed by atoms with E-state index >= 15 is 0 Å². The molecule has 2 saturated heterocycles. The first-order valence-corrected chi connectivity index (χ1v) is 7.20. The average molecular weight is 350 g/mol. The minimum absolute atomic E-state index is 0. The van der Waals surface area contributed by atoms with Gasteiger partial charge in [0, 0.05) is 31.2 Å². The van der Waals surface area contributed by atoms with E-state index in [1.54, 1.807) is 6.07 Å². The number of fused-ring (bicyclic) bond motifs is 2. The molecule has 2 fully saturated rings. The number of nitrogens with zero attached hydrogens (tertiary/aromatic N) is 1. The van der Waals surface area contributed by atoms with Gasteiger partial charge in [0.15, 0.2) is 4.67 Å². The standard InChI is InChI=1S/C13H17BrN2O2.ClH/c1-16(13(17)8-4-12(14)18-7-8)11-5-9-2-3-10(6-11)15-9;/h4,7,9-11,15H,2-3,5-6H2,1H3;1H. The van der Waals surface area contributed by atoms with E-state index in [9.17, 15) is 4.79 Å². The highest BCUT2D eigenvalue weighted by Gasteiger charge is 2.36. The Kier molecular flexibility index (Phi) is 4.58. The van der Waals surface area contributed by atoms with Gasteiger partial charge in [-0.3, -0.25) is 4.79 Å². The van der Waals surface area contributed by atoms with Crippen LogP contribution in [0, 0.1) is 0 Å². The molecular weight excluding hydrogens is 332 g/mol. The Morgan fingerprint density at radius 3 is 2.58 bits per heavy atom. The van der Waals surface area contributed by atoms with Crippen molar-refractivity contribution in [2.45, 2.75) is 43.8 Å². The van der Waals surface area contributed by atoms with Gasteiger partial charge in [-0.1, -0.05) is 0 Å². The third-order valence-electron chi connectivity index (χ3n) is 4.13. The lowest BCUT2D eigenvalue weighted by molar-refractivity contribution is 0.0681. The second-order valence-corrected chi connectivity index (χ2v) is 6.10. The molecule has 0 saturated carbocycles. The van der Waals surface area contributed by atoms with E-state index in [2.05, 4.69) is 21.2 Å². The van der Waals surface area contributed by atoms with Crippen molar-refractivity contribution in [2.75, 3.05) is 7.05 Å². The van der Waals surface area contributed by atoms with E-state index in [-0.39, 0.29) is 18.3 Å². The van der Waals surface area contributed by atoms with Crippen molar-refractivity contribution in [3.63, 3.8) is 0 Å². The van der Waals surface area contributed by atoms with Crippen LogP contribution >= 0.6 is 28.3 Å². The maximum Gasteiger partial charge on any atom is 0.257 e. The molecule has 0 spiro atoms. The summed E-state index contributed by atoms with van der Waals surface area (Å²) in [5.74, 6) is 0.0516. The second-order valence-electron chi connectivity index (χ2n) is 5.32. The van der Waals surface area contributed by atoms with E-state index < -0.39 is 0 Å². The molecule has 0 radical (unpaired) electrons. The highest BCUT2D eigenvalue weighted by Crippen LogP contribution is 2.30. The van der Waals surface area contributed by atoms with Gasteiger partial charge in [0.25, 0.3) is 5.91 Å². The highest BCUT2D eigenvalue weighted by molar-refractivity contribution is 9.10. The zero-order valence-corrected chi connectivity index (χ0v) is 13.2. The lowest BCUT2D eigenvalue weighted by Gasteiger charge is -2.35. The Hall–Kier alpha value is -0.520. The van der Waals surface area contributed by atoms with Gasteiger partial charge in [0.1, 0.15) is 6.26 Å². The molecule has 2 unspecified atom stereocenters. The molecule has 3 heterocycles. The first-order chi connectivity index (χ1) is 8.63. The molecule has 0 aromatic carbocycles. The smallest absolute Gasteiger partial charge is 0.257 e. The molecule has 1 aromatic rings. The summed E-state index contributed by atoms with van der Waals surface area (Å²) in [6.07, 6.45) is 6.15. The van der Waals surface area contributed by atoms with Crippen LogP contribution in [-0.4, -0.2) is 36.0 Å². The molecule has 19 heavy (non-hydrogen) atoms. The fourth-order valence-corrected chi connectivity index (χ4v) is 3.48. The molecule has 0 aliphatic carbocycles. The van der Waals surface area contributed by atoms with Gasteiger partial charge in [-0.2, -0.15) is 0 Å². The summed E-state index contributed by atoms with van der Waals surface area (Å²) in [7, 11) is 1.90. The van der Waals surface area contributed by atoms with Crippen LogP contribution in [0.2, 0.25) is 0 Å². The minimum Gasteiger partial charge on any atom is -0.457 e. The summed E-state index contributed by atoms with van der Waals surface area (Å²) in [4.78, 5) is 14.2. The molecule has 2 bridgehead atoms. The Morgan fingerprint density at radius 2 is 2.05 bits per heavy atom. The topological polar surface area (TPSA) is 45.5 Å². The number of carbonyl (C=O) groups is 1. The van der Waals surface area contributed by atoms with Crippen molar-refractivity contribution >= 4 is 34.2 Å². The number of hydrogen-bond donors (Lipinski definition) is 1. The fourth-order valence-electron chi connectivity index (χ4n) is 3.14. The molecule has 6 heteroatoms. The van der Waals surface area contributed by atoms with E-state index in [4.69, 9.17) is 4.42 Å². The van der Waals surface area contributed by atoms with Crippen LogP contribution in [0.25, 0.3) is 0 Å². The molecule has 1 amide bonds. The summed E-state index contributed by atoms with van der Waals surface area (Å²) >= 11 is 3.23. The van der Waals surface area contributed by atoms with Gasteiger partial charge in [-0.15, -0.1) is 12.4 Å². The fraction of sp³-hybridized carbons (Fsp3) is 0.615. The Balaban J connectivity index is 0.00000133. The van der Waals surface area contributed by atoms with E-state index in [0.29, 0.717) is 28.4 Å². The number of halogens is 2. The number of rotatable bonds is 2. The lowest BCUT2D eigenvalue weighted by Crippen LogP contribution is -2.48. The average Bonchev–Trinajstić information content (AvgIpc) is 2.94. The molecule has 1 N–H and O–H groups in total. The summed E-state index contributed by atoms with van der Waals surface area (Å²) in [6, 6.07) is 3.28. The maximum atomic E-state index is 12.3. The minimum atomic E-state index is 0. The predicted molar refractivity (Wildman–Crippen MR) is 78.7 cm³/mol. The van der Waals surface area contributed by atoms with Crippen molar-refractivity contribution in [3.8, 4) is 0 Å². The largest absolute Gasteiger partial charge is 0.457 e. The zero-order valence-electron chi connectivity index (χ0n) is 10.8. The van der Waals surface area contributed by atoms with E-state index in [1.165, 1.54) is 19.1 Å². The summed E-state index contributed by atoms with van der Waals surface area (Å²) < 4.78 is 5.74. The SMILES string of the molecule is CN(C(=O)c1coc(Br)c1)C1CC2CCC(C1)N2.Cl. The van der Waals surface area contributed by atoms with E-state index in [1.807, 2.05) is 11.9 Å². The Bertz CT molecular complexity index is 453. The number of furan rings is 1. The Morgan fingerprint density at radius 1 is 1.42 bits per heavy atom. The normalized spacial score (nSPS) is 28.8. The van der Waals surface area contributed by atoms with Gasteiger partial charge in [-0.25, -0.2) is 0 Å². The first kappa shape index (κ1) is 14.9. The molecule has 2 aliphatic heterocycles. The predicted octanol–water partition coefficient (Wildman–Crippen LogP) is 2.82. The van der Waals surface area contributed by atoms with Gasteiger partial charge >= 0.3 is 0 Å². The monoisotopic (exact) mass is 348 g/mol. The highest BCUT2D eigenvalue weighted by atomic mass is 79.9. The number of carbonyl (C=O) groups excluding carboxylic acids is 1. The van der Waals surface area contributed by atoms with Crippen LogP contribution in [-0.2, 0) is 0 Å². The third kappa shape index (κ3) is 2.98. The molecule has 4 nitrogen and oxygen atoms in total. The van der Waals surface area contributed by atoms with Crippen LogP contribution in [0.15, 0.2) is 21.4 Å². The molecule has 1 aromatic heterocycles. The van der Waals surface area contributed by atoms with Gasteiger partial charge in [0.05, 0.1) is 5.56 Å². The number of amides is 1. The molecule has 2 atom stereocenters. The zero-order chi connectivity index (χ0) is 12.7. The van der Waals surface area contributed by atoms with E-state index in [0.717, 1.165) is 12.8 Å². The van der Waals surface area contributed by atoms with Gasteiger partial charge in [0.2, 0.25) is 0 Å². The van der Waals surface area contributed by atoms with Crippen molar-refractivity contribution in [3.05, 3.63) is 22.6 Å². The first-order valence-electron chi connectivity index (χ1n) is 6.40. The molecule has 2 aliphatic rings. The van der Waals surface area contributed by atoms with Crippen molar-refractivity contribution < 1.29 is 9.21 Å². The van der Waals surface area contributed by atoms with Crippen LogP contribution in [0.1, 0.15) is 36.0 Å². The van der Waals surface area contributed by atoms with Crippen LogP contribution < -0.4 is 5.32 Å². The number of nitrogens with one attached hydrogen (secondary N) is 1. The lowest BCUT2D eigenvalue weighted by atomic mass is 9.98. The summed E-state index contributed by atoms with van der Waals surface area (Å²) in [5, 5.41) is 3.59. The van der Waals surface area contributed by atoms with Crippen molar-refractivity contribution in [1.82, 2.24) is 10.2 Å². The molecular formula is C13H18BrClN2O2. The number of hydrogen-bond acceptors (Lipinski definition) is 3. The Labute approximate surface area is 127 Å². The second kappa shape index (κ2) is 5.85. The van der Waals surface area contributed by atoms with Crippen molar-refractivity contribution in [1.29, 1.82) is 0 Å². The maximum absolute atomic E-state index is 12.3. The van der Waals surface area contributed by atoms with Crippen molar-refractivity contribution in [2.24, 2.45) is 0 Å². The van der Waals surface area contributed by atoms with Crippen LogP contribution in [0.5, 0.6) is 0 Å².